The van der Waals surface area contributed by atoms with Crippen LogP contribution in [0.15, 0.2) is 36.4 Å². The van der Waals surface area contributed by atoms with Crippen molar-refractivity contribution in [2.24, 2.45) is 0 Å². The molecule has 0 saturated carbocycles. The van der Waals surface area contributed by atoms with Gasteiger partial charge in [-0.25, -0.2) is 0 Å². The summed E-state index contributed by atoms with van der Waals surface area (Å²) in [5.41, 5.74) is 3.66. The monoisotopic (exact) mass is 383 g/mol. The highest BCUT2D eigenvalue weighted by molar-refractivity contribution is 6.62. The molecule has 0 bridgehead atoms. The zero-order valence-electron chi connectivity index (χ0n) is 16.3. The lowest BCUT2D eigenvalue weighted by Gasteiger charge is -2.32. The predicted octanol–water partition coefficient (Wildman–Crippen LogP) is 4.11. The Morgan fingerprint density at radius 3 is 2.41 bits per heavy atom. The Morgan fingerprint density at radius 1 is 1.07 bits per heavy atom. The Labute approximate surface area is 165 Å². The number of benzene rings is 2. The van der Waals surface area contributed by atoms with E-state index >= 15 is 0 Å². The molecule has 0 unspecified atom stereocenters. The Kier molecular flexibility index (Phi) is 4.19. The van der Waals surface area contributed by atoms with Gasteiger partial charge in [0.15, 0.2) is 0 Å². The fraction of sp³-hybridized carbons (Fsp3) is 0.381. The number of carbonyl (C=O) groups excluding carboxylic acids is 1. The molecule has 6 heteroatoms. The van der Waals surface area contributed by atoms with Gasteiger partial charge in [-0.1, -0.05) is 29.8 Å². The van der Waals surface area contributed by atoms with Crippen molar-refractivity contribution < 1.29 is 14.1 Å². The summed E-state index contributed by atoms with van der Waals surface area (Å²) in [5.74, 6) is -0.0262. The molecule has 27 heavy (non-hydrogen) atoms. The number of rotatable bonds is 2. The summed E-state index contributed by atoms with van der Waals surface area (Å²) in [7, 11) is -0.454. The summed E-state index contributed by atoms with van der Waals surface area (Å²) in [4.78, 5) is 14.7. The lowest BCUT2D eigenvalue weighted by Crippen LogP contribution is -2.41. The summed E-state index contributed by atoms with van der Waals surface area (Å²) in [5, 5.41) is 0.576. The largest absolute Gasteiger partial charge is 0.495 e. The molecule has 0 N–H and O–H groups in total. The maximum absolute atomic E-state index is 12.9. The first-order valence-electron chi connectivity index (χ1n) is 9.16. The number of carbonyl (C=O) groups is 1. The topological polar surface area (TPSA) is 38.8 Å². The molecular weight excluding hydrogens is 361 g/mol. The number of hydrogen-bond acceptors (Lipinski definition) is 3. The summed E-state index contributed by atoms with van der Waals surface area (Å²) in [6.07, 6.45) is 0. The number of fused-ring (bicyclic) bond motifs is 1. The van der Waals surface area contributed by atoms with Gasteiger partial charge in [-0.3, -0.25) is 4.79 Å². The predicted molar refractivity (Wildman–Crippen MR) is 109 cm³/mol. The smallest absolute Gasteiger partial charge is 0.399 e. The van der Waals surface area contributed by atoms with Crippen molar-refractivity contribution in [3.05, 3.63) is 58.1 Å². The molecule has 1 fully saturated rings. The molecule has 0 spiro atoms. The molecule has 140 valence electrons. The number of amides is 1. The first-order valence-corrected chi connectivity index (χ1v) is 9.54. The molecule has 0 atom stereocenters. The van der Waals surface area contributed by atoms with Crippen LogP contribution < -0.4 is 10.4 Å². The molecule has 2 aliphatic heterocycles. The third-order valence-electron chi connectivity index (χ3n) is 6.02. The van der Waals surface area contributed by atoms with Crippen LogP contribution in [-0.4, -0.2) is 24.2 Å². The van der Waals surface area contributed by atoms with Crippen molar-refractivity contribution in [1.82, 2.24) is 0 Å². The van der Waals surface area contributed by atoms with E-state index in [1.165, 1.54) is 0 Å². The Balaban J connectivity index is 1.69. The van der Waals surface area contributed by atoms with Crippen LogP contribution in [0.4, 0.5) is 5.69 Å². The quantitative estimate of drug-likeness (QED) is 0.733. The molecule has 0 aromatic heterocycles. The third kappa shape index (κ3) is 2.89. The van der Waals surface area contributed by atoms with Crippen molar-refractivity contribution >= 4 is 35.8 Å². The van der Waals surface area contributed by atoms with E-state index in [-0.39, 0.29) is 5.91 Å². The van der Waals surface area contributed by atoms with Crippen LogP contribution >= 0.6 is 11.6 Å². The summed E-state index contributed by atoms with van der Waals surface area (Å²) >= 11 is 6.07. The molecule has 2 aliphatic rings. The Morgan fingerprint density at radius 2 is 1.74 bits per heavy atom. The molecule has 0 aliphatic carbocycles. The number of halogens is 1. The van der Waals surface area contributed by atoms with E-state index in [9.17, 15) is 4.79 Å². The normalized spacial score (nSPS) is 20.3. The maximum Gasteiger partial charge on any atom is 0.495 e. The van der Waals surface area contributed by atoms with E-state index < -0.39 is 18.3 Å². The van der Waals surface area contributed by atoms with E-state index in [4.69, 9.17) is 20.9 Å². The minimum atomic E-state index is -0.454. The van der Waals surface area contributed by atoms with E-state index in [2.05, 4.69) is 0 Å². The SMILES string of the molecule is Cc1c(B2OC(C)(C)C(C)(C)O2)cccc1N1Cc2ccc(Cl)cc2C1=O. The zero-order chi connectivity index (χ0) is 19.6. The van der Waals surface area contributed by atoms with Gasteiger partial charge in [0.25, 0.3) is 5.91 Å². The van der Waals surface area contributed by atoms with Crippen LogP contribution in [0.2, 0.25) is 5.02 Å². The van der Waals surface area contributed by atoms with Crippen LogP contribution in [0.1, 0.15) is 49.2 Å². The molecule has 2 aromatic rings. The van der Waals surface area contributed by atoms with E-state index in [1.807, 2.05) is 65.0 Å². The first-order chi connectivity index (χ1) is 12.6. The second kappa shape index (κ2) is 6.09. The van der Waals surface area contributed by atoms with Gasteiger partial charge in [0.2, 0.25) is 0 Å². The van der Waals surface area contributed by atoms with E-state index in [1.54, 1.807) is 11.0 Å². The first kappa shape index (κ1) is 18.5. The molecule has 4 nitrogen and oxygen atoms in total. The standard InChI is InChI=1S/C21H23BClNO3/c1-13-17(22-26-20(2,3)21(4,5)27-22)7-6-8-18(13)24-12-14-9-10-15(23)11-16(14)19(24)25/h6-11H,12H2,1-5H3. The second-order valence-electron chi connectivity index (χ2n) is 8.27. The Bertz CT molecular complexity index is 925. The number of nitrogens with zero attached hydrogens (tertiary/aromatic N) is 1. The maximum atomic E-state index is 12.9. The van der Waals surface area contributed by atoms with Gasteiger partial charge in [0, 0.05) is 16.3 Å². The number of hydrogen-bond donors (Lipinski definition) is 0. The van der Waals surface area contributed by atoms with Gasteiger partial charge in [0.05, 0.1) is 17.7 Å². The average Bonchev–Trinajstić information content (AvgIpc) is 3.01. The van der Waals surface area contributed by atoms with E-state index in [0.29, 0.717) is 17.1 Å². The van der Waals surface area contributed by atoms with Crippen LogP contribution in [0.3, 0.4) is 0 Å². The van der Waals surface area contributed by atoms with Gasteiger partial charge in [-0.15, -0.1) is 0 Å². The molecule has 4 rings (SSSR count). The highest BCUT2D eigenvalue weighted by Gasteiger charge is 2.52. The third-order valence-corrected chi connectivity index (χ3v) is 6.26. The van der Waals surface area contributed by atoms with Crippen molar-refractivity contribution in [3.63, 3.8) is 0 Å². The van der Waals surface area contributed by atoms with E-state index in [0.717, 1.165) is 22.3 Å². The second-order valence-corrected chi connectivity index (χ2v) is 8.71. The van der Waals surface area contributed by atoms with Crippen LogP contribution in [0.25, 0.3) is 0 Å². The molecule has 1 amide bonds. The fourth-order valence-electron chi connectivity index (χ4n) is 3.63. The summed E-state index contributed by atoms with van der Waals surface area (Å²) < 4.78 is 12.4. The summed E-state index contributed by atoms with van der Waals surface area (Å²) in [6, 6.07) is 11.4. The van der Waals surface area contributed by atoms with Gasteiger partial charge >= 0.3 is 7.12 Å². The lowest BCUT2D eigenvalue weighted by molar-refractivity contribution is 0.00578. The van der Waals surface area contributed by atoms with Crippen LogP contribution in [-0.2, 0) is 15.9 Å². The molecule has 1 saturated heterocycles. The molecular formula is C21H23BClNO3. The Hall–Kier alpha value is -1.82. The van der Waals surface area contributed by atoms with Gasteiger partial charge in [0.1, 0.15) is 0 Å². The zero-order valence-corrected chi connectivity index (χ0v) is 17.1. The minimum Gasteiger partial charge on any atom is -0.399 e. The lowest BCUT2D eigenvalue weighted by atomic mass is 9.75. The highest BCUT2D eigenvalue weighted by Crippen LogP contribution is 2.38. The molecule has 2 aromatic carbocycles. The van der Waals surface area contributed by atoms with Crippen molar-refractivity contribution in [3.8, 4) is 0 Å². The average molecular weight is 384 g/mol. The van der Waals surface area contributed by atoms with Gasteiger partial charge in [-0.05, 0) is 69.4 Å². The minimum absolute atomic E-state index is 0.0262. The molecule has 0 radical (unpaired) electrons. The number of anilines is 1. The highest BCUT2D eigenvalue weighted by atomic mass is 35.5. The molecule has 2 heterocycles. The van der Waals surface area contributed by atoms with Gasteiger partial charge < -0.3 is 14.2 Å². The van der Waals surface area contributed by atoms with Gasteiger partial charge in [-0.2, -0.15) is 0 Å². The van der Waals surface area contributed by atoms with Crippen LogP contribution in [0.5, 0.6) is 0 Å². The summed E-state index contributed by atoms with van der Waals surface area (Å²) in [6.45, 7) is 10.7. The van der Waals surface area contributed by atoms with Crippen molar-refractivity contribution in [2.45, 2.75) is 52.4 Å². The van der Waals surface area contributed by atoms with Crippen molar-refractivity contribution in [1.29, 1.82) is 0 Å². The van der Waals surface area contributed by atoms with Crippen molar-refractivity contribution in [2.75, 3.05) is 4.90 Å². The fourth-order valence-corrected chi connectivity index (χ4v) is 3.80. The van der Waals surface area contributed by atoms with Crippen LogP contribution in [0, 0.1) is 6.92 Å².